The monoisotopic (exact) mass is 132 g/mol. The summed E-state index contributed by atoms with van der Waals surface area (Å²) in [6, 6.07) is 0. The van der Waals surface area contributed by atoms with Gasteiger partial charge in [0.2, 0.25) is 0 Å². The Bertz CT molecular complexity index is 111. The van der Waals surface area contributed by atoms with Crippen LogP contribution in [0.15, 0.2) is 11.6 Å². The van der Waals surface area contributed by atoms with E-state index in [0.29, 0.717) is 0 Å². The Morgan fingerprint density at radius 1 is 1.30 bits per heavy atom. The van der Waals surface area contributed by atoms with Gasteiger partial charge in [0, 0.05) is 0 Å². The molecular weight excluding hydrogens is 115 g/mol. The van der Waals surface area contributed by atoms with Gasteiger partial charge in [-0.1, -0.05) is 24.5 Å². The summed E-state index contributed by atoms with van der Waals surface area (Å²) in [5.41, 5.74) is 1.49. The minimum absolute atomic E-state index is 0. The van der Waals surface area contributed by atoms with Crippen LogP contribution in [-0.2, 0) is 0 Å². The summed E-state index contributed by atoms with van der Waals surface area (Å²) in [4.78, 5) is 0. The van der Waals surface area contributed by atoms with E-state index in [-0.39, 0.29) is 20.3 Å². The minimum atomic E-state index is 0. The molecule has 0 aromatic heterocycles. The smallest absolute Gasteiger partial charge is 1.00 e. The Morgan fingerprint density at radius 3 is 2.20 bits per heavy atom. The first-order valence-electron chi connectivity index (χ1n) is 3.94. The number of hydrogen-bond donors (Lipinski definition) is 0. The van der Waals surface area contributed by atoms with E-state index in [1.165, 1.54) is 31.3 Å². The van der Waals surface area contributed by atoms with Crippen molar-refractivity contribution in [2.45, 2.75) is 39.5 Å². The standard InChI is InChI=1S/C9H16.Li.H/c1-8(2)7-9-5-3-4-6-9;;/h7,9H,3-6H2,1-2H3;;/q;+1;-1. The Labute approximate surface area is 77.7 Å². The summed E-state index contributed by atoms with van der Waals surface area (Å²) < 4.78 is 0. The molecule has 0 aliphatic heterocycles. The van der Waals surface area contributed by atoms with E-state index in [2.05, 4.69) is 19.9 Å². The van der Waals surface area contributed by atoms with Crippen LogP contribution in [0.1, 0.15) is 41.0 Å². The van der Waals surface area contributed by atoms with Gasteiger partial charge in [-0.2, -0.15) is 0 Å². The fourth-order valence-electron chi connectivity index (χ4n) is 1.60. The zero-order valence-electron chi connectivity index (χ0n) is 8.48. The van der Waals surface area contributed by atoms with E-state index in [0.717, 1.165) is 5.92 Å². The van der Waals surface area contributed by atoms with Crippen LogP contribution in [0, 0.1) is 5.92 Å². The molecule has 54 valence electrons. The van der Waals surface area contributed by atoms with Gasteiger partial charge < -0.3 is 1.43 Å². The van der Waals surface area contributed by atoms with Gasteiger partial charge in [0.1, 0.15) is 0 Å². The minimum Gasteiger partial charge on any atom is -1.00 e. The third-order valence-electron chi connectivity index (χ3n) is 1.97. The molecule has 0 spiro atoms. The molecule has 0 nitrogen and oxygen atoms in total. The summed E-state index contributed by atoms with van der Waals surface area (Å²) in [6.45, 7) is 4.39. The van der Waals surface area contributed by atoms with E-state index in [1.54, 1.807) is 0 Å². The molecule has 0 radical (unpaired) electrons. The van der Waals surface area contributed by atoms with Gasteiger partial charge in [0.25, 0.3) is 0 Å². The fraction of sp³-hybridized carbons (Fsp3) is 0.778. The molecule has 1 aliphatic rings. The summed E-state index contributed by atoms with van der Waals surface area (Å²) in [6.07, 6.45) is 8.20. The van der Waals surface area contributed by atoms with Crippen molar-refractivity contribution >= 4 is 0 Å². The van der Waals surface area contributed by atoms with Gasteiger partial charge in [0.15, 0.2) is 0 Å². The summed E-state index contributed by atoms with van der Waals surface area (Å²) in [5, 5.41) is 0. The molecule has 0 N–H and O–H groups in total. The van der Waals surface area contributed by atoms with Crippen LogP contribution in [0.4, 0.5) is 0 Å². The molecule has 1 fully saturated rings. The molecule has 0 heterocycles. The van der Waals surface area contributed by atoms with Crippen molar-refractivity contribution in [3.05, 3.63) is 11.6 Å². The van der Waals surface area contributed by atoms with E-state index in [4.69, 9.17) is 0 Å². The van der Waals surface area contributed by atoms with Crippen molar-refractivity contribution in [3.8, 4) is 0 Å². The Kier molecular flexibility index (Phi) is 5.22. The fourth-order valence-corrected chi connectivity index (χ4v) is 1.60. The normalized spacial score (nSPS) is 18.2. The van der Waals surface area contributed by atoms with Crippen LogP contribution in [0.5, 0.6) is 0 Å². The van der Waals surface area contributed by atoms with Gasteiger partial charge in [0.05, 0.1) is 0 Å². The molecule has 1 saturated carbocycles. The maximum Gasteiger partial charge on any atom is 1.00 e. The zero-order chi connectivity index (χ0) is 6.69. The zero-order valence-corrected chi connectivity index (χ0v) is 7.48. The Balaban J connectivity index is 0. The molecular formula is C9H17Li. The first kappa shape index (κ1) is 10.3. The molecule has 1 rings (SSSR count). The maximum atomic E-state index is 2.42. The average molecular weight is 132 g/mol. The average Bonchev–Trinajstić information content (AvgIpc) is 2.15. The molecule has 1 heteroatoms. The van der Waals surface area contributed by atoms with E-state index >= 15 is 0 Å². The molecule has 0 aromatic carbocycles. The van der Waals surface area contributed by atoms with Crippen LogP contribution in [0.25, 0.3) is 0 Å². The predicted octanol–water partition coefficient (Wildman–Crippen LogP) is 0.259. The Morgan fingerprint density at radius 2 is 1.80 bits per heavy atom. The van der Waals surface area contributed by atoms with Gasteiger partial charge in [-0.3, -0.25) is 0 Å². The van der Waals surface area contributed by atoms with Gasteiger partial charge in [-0.15, -0.1) is 0 Å². The summed E-state index contributed by atoms with van der Waals surface area (Å²) in [7, 11) is 0. The molecule has 1 aliphatic carbocycles. The van der Waals surface area contributed by atoms with Crippen LogP contribution in [-0.4, -0.2) is 0 Å². The third-order valence-corrected chi connectivity index (χ3v) is 1.97. The van der Waals surface area contributed by atoms with Crippen molar-refractivity contribution in [1.29, 1.82) is 0 Å². The van der Waals surface area contributed by atoms with Crippen LogP contribution in [0.3, 0.4) is 0 Å². The molecule has 0 saturated heterocycles. The first-order chi connectivity index (χ1) is 4.29. The third kappa shape index (κ3) is 3.49. The molecule has 0 aromatic rings. The summed E-state index contributed by atoms with van der Waals surface area (Å²) in [5.74, 6) is 0.926. The van der Waals surface area contributed by atoms with Crippen molar-refractivity contribution in [2.24, 2.45) is 5.92 Å². The molecule has 0 bridgehead atoms. The largest absolute Gasteiger partial charge is 1.00 e. The second kappa shape index (κ2) is 5.05. The number of hydrogen-bond acceptors (Lipinski definition) is 0. The molecule has 0 unspecified atom stereocenters. The van der Waals surface area contributed by atoms with Crippen molar-refractivity contribution in [3.63, 3.8) is 0 Å². The quantitative estimate of drug-likeness (QED) is 0.354. The summed E-state index contributed by atoms with van der Waals surface area (Å²) >= 11 is 0. The second-order valence-electron chi connectivity index (χ2n) is 3.29. The molecule has 10 heavy (non-hydrogen) atoms. The number of allylic oxidation sites excluding steroid dienone is 2. The SMILES string of the molecule is CC(C)=CC1CCCC1.[H-].[Li+]. The molecule has 0 amide bonds. The van der Waals surface area contributed by atoms with E-state index in [1.807, 2.05) is 0 Å². The van der Waals surface area contributed by atoms with Crippen LogP contribution < -0.4 is 18.9 Å². The Hall–Kier alpha value is 0.337. The topological polar surface area (TPSA) is 0 Å². The molecule has 0 atom stereocenters. The first-order valence-corrected chi connectivity index (χ1v) is 3.94. The second-order valence-corrected chi connectivity index (χ2v) is 3.29. The van der Waals surface area contributed by atoms with E-state index in [9.17, 15) is 0 Å². The van der Waals surface area contributed by atoms with Crippen LogP contribution in [0.2, 0.25) is 0 Å². The van der Waals surface area contributed by atoms with E-state index < -0.39 is 0 Å². The van der Waals surface area contributed by atoms with Gasteiger partial charge in [-0.05, 0) is 32.6 Å². The van der Waals surface area contributed by atoms with Crippen LogP contribution >= 0.6 is 0 Å². The predicted molar refractivity (Wildman–Crippen MR) is 42.5 cm³/mol. The van der Waals surface area contributed by atoms with Crippen molar-refractivity contribution < 1.29 is 20.3 Å². The maximum absolute atomic E-state index is 2.42. The van der Waals surface area contributed by atoms with Crippen molar-refractivity contribution in [1.82, 2.24) is 0 Å². The van der Waals surface area contributed by atoms with Gasteiger partial charge >= 0.3 is 18.9 Å². The number of rotatable bonds is 1. The van der Waals surface area contributed by atoms with Crippen molar-refractivity contribution in [2.75, 3.05) is 0 Å². The van der Waals surface area contributed by atoms with Gasteiger partial charge in [-0.25, -0.2) is 0 Å².